The molecule has 0 spiro atoms. The monoisotopic (exact) mass is 255 g/mol. The number of hydrogen-bond acceptors (Lipinski definition) is 2. The number of amides is 1. The molecule has 0 bridgehead atoms. The second kappa shape index (κ2) is 5.52. The first-order valence-electron chi connectivity index (χ1n) is 6.16. The molecule has 1 aromatic carbocycles. The largest absolute Gasteiger partial charge is 0.343 e. The SMILES string of the molecule is C=CCn1c(C(C)NC(=O)C=C)nc2ccccc21. The highest BCUT2D eigenvalue weighted by atomic mass is 16.1. The average molecular weight is 255 g/mol. The van der Waals surface area contributed by atoms with Gasteiger partial charge in [-0.2, -0.15) is 0 Å². The van der Waals surface area contributed by atoms with Gasteiger partial charge >= 0.3 is 0 Å². The van der Waals surface area contributed by atoms with Crippen molar-refractivity contribution in [2.75, 3.05) is 0 Å². The summed E-state index contributed by atoms with van der Waals surface area (Å²) in [6, 6.07) is 7.71. The summed E-state index contributed by atoms with van der Waals surface area (Å²) in [6.07, 6.45) is 3.08. The van der Waals surface area contributed by atoms with E-state index in [4.69, 9.17) is 0 Å². The number of carbonyl (C=O) groups excluding carboxylic acids is 1. The van der Waals surface area contributed by atoms with Crippen LogP contribution in [0.15, 0.2) is 49.6 Å². The Kier molecular flexibility index (Phi) is 3.80. The van der Waals surface area contributed by atoms with Crippen molar-refractivity contribution in [1.82, 2.24) is 14.9 Å². The first kappa shape index (κ1) is 13.1. The summed E-state index contributed by atoms with van der Waals surface area (Å²) in [6.45, 7) is 9.78. The number of benzene rings is 1. The molecule has 0 aliphatic rings. The van der Waals surface area contributed by atoms with Crippen molar-refractivity contribution in [2.24, 2.45) is 0 Å². The third-order valence-electron chi connectivity index (χ3n) is 2.93. The van der Waals surface area contributed by atoms with Crippen molar-refractivity contribution in [1.29, 1.82) is 0 Å². The highest BCUT2D eigenvalue weighted by molar-refractivity contribution is 5.87. The molecule has 0 saturated carbocycles. The van der Waals surface area contributed by atoms with Gasteiger partial charge in [0.1, 0.15) is 5.82 Å². The lowest BCUT2D eigenvalue weighted by Crippen LogP contribution is -2.26. The van der Waals surface area contributed by atoms with E-state index < -0.39 is 0 Å². The maximum Gasteiger partial charge on any atom is 0.243 e. The molecule has 1 atom stereocenters. The lowest BCUT2D eigenvalue weighted by atomic mass is 10.3. The Morgan fingerprint density at radius 3 is 2.89 bits per heavy atom. The summed E-state index contributed by atoms with van der Waals surface area (Å²) in [5, 5.41) is 2.83. The van der Waals surface area contributed by atoms with Crippen LogP contribution in [0.2, 0.25) is 0 Å². The van der Waals surface area contributed by atoms with Crippen LogP contribution in [0.4, 0.5) is 0 Å². The van der Waals surface area contributed by atoms with Crippen LogP contribution in [0, 0.1) is 0 Å². The molecule has 98 valence electrons. The number of rotatable bonds is 5. The highest BCUT2D eigenvalue weighted by Gasteiger charge is 2.16. The Morgan fingerprint density at radius 1 is 1.47 bits per heavy atom. The molecule has 1 heterocycles. The summed E-state index contributed by atoms with van der Waals surface area (Å²) >= 11 is 0. The van der Waals surface area contributed by atoms with Crippen LogP contribution in [-0.2, 0) is 11.3 Å². The summed E-state index contributed by atoms with van der Waals surface area (Å²) in [7, 11) is 0. The molecule has 1 aromatic heterocycles. The number of hydrogen-bond donors (Lipinski definition) is 1. The molecular formula is C15H17N3O. The van der Waals surface area contributed by atoms with Gasteiger partial charge in [-0.3, -0.25) is 4.79 Å². The van der Waals surface area contributed by atoms with Crippen LogP contribution in [-0.4, -0.2) is 15.5 Å². The molecule has 0 aliphatic carbocycles. The van der Waals surface area contributed by atoms with Gasteiger partial charge in [-0.25, -0.2) is 4.98 Å². The van der Waals surface area contributed by atoms with Gasteiger partial charge in [0, 0.05) is 6.54 Å². The van der Waals surface area contributed by atoms with Gasteiger partial charge in [0.15, 0.2) is 0 Å². The van der Waals surface area contributed by atoms with E-state index in [1.54, 1.807) is 0 Å². The number of imidazole rings is 1. The molecule has 0 aliphatic heterocycles. The van der Waals surface area contributed by atoms with E-state index in [2.05, 4.69) is 28.0 Å². The number of nitrogens with one attached hydrogen (secondary N) is 1. The molecule has 4 nitrogen and oxygen atoms in total. The van der Waals surface area contributed by atoms with Gasteiger partial charge in [0.2, 0.25) is 5.91 Å². The maximum absolute atomic E-state index is 11.4. The second-order valence-electron chi connectivity index (χ2n) is 4.29. The van der Waals surface area contributed by atoms with Crippen LogP contribution in [0.3, 0.4) is 0 Å². The number of aromatic nitrogens is 2. The molecule has 4 heteroatoms. The fourth-order valence-electron chi connectivity index (χ4n) is 2.08. The van der Waals surface area contributed by atoms with Crippen molar-refractivity contribution >= 4 is 16.9 Å². The molecule has 2 rings (SSSR count). The van der Waals surface area contributed by atoms with E-state index in [0.29, 0.717) is 6.54 Å². The molecule has 0 radical (unpaired) electrons. The van der Waals surface area contributed by atoms with Crippen LogP contribution in [0.1, 0.15) is 18.8 Å². The quantitative estimate of drug-likeness (QED) is 0.659. The minimum Gasteiger partial charge on any atom is -0.343 e. The summed E-state index contributed by atoms with van der Waals surface area (Å²) in [4.78, 5) is 16.0. The van der Waals surface area contributed by atoms with Crippen molar-refractivity contribution < 1.29 is 4.79 Å². The van der Waals surface area contributed by atoms with Crippen LogP contribution in [0.25, 0.3) is 11.0 Å². The summed E-state index contributed by atoms with van der Waals surface area (Å²) in [5.41, 5.74) is 1.95. The number of nitrogens with zero attached hydrogens (tertiary/aromatic N) is 2. The van der Waals surface area contributed by atoms with Crippen molar-refractivity contribution in [3.8, 4) is 0 Å². The highest BCUT2D eigenvalue weighted by Crippen LogP contribution is 2.20. The first-order chi connectivity index (χ1) is 9.17. The van der Waals surface area contributed by atoms with E-state index in [-0.39, 0.29) is 11.9 Å². The standard InChI is InChI=1S/C15H17N3O/c1-4-10-18-13-9-7-6-8-12(13)17-15(18)11(3)16-14(19)5-2/h4-9,11H,1-2,10H2,3H3,(H,16,19). The Bertz CT molecular complexity index is 627. The summed E-state index contributed by atoms with van der Waals surface area (Å²) < 4.78 is 2.05. The Hall–Kier alpha value is -2.36. The molecule has 0 fully saturated rings. The molecule has 1 N–H and O–H groups in total. The van der Waals surface area contributed by atoms with E-state index >= 15 is 0 Å². The Morgan fingerprint density at radius 2 is 2.21 bits per heavy atom. The van der Waals surface area contributed by atoms with Gasteiger partial charge in [-0.1, -0.05) is 24.8 Å². The van der Waals surface area contributed by atoms with Gasteiger partial charge in [-0.15, -0.1) is 6.58 Å². The Labute approximate surface area is 112 Å². The van der Waals surface area contributed by atoms with Gasteiger partial charge in [0.25, 0.3) is 0 Å². The molecule has 2 aromatic rings. The first-order valence-corrected chi connectivity index (χ1v) is 6.16. The van der Waals surface area contributed by atoms with E-state index in [1.165, 1.54) is 6.08 Å². The van der Waals surface area contributed by atoms with Crippen molar-refractivity contribution in [2.45, 2.75) is 19.5 Å². The van der Waals surface area contributed by atoms with E-state index in [1.807, 2.05) is 37.3 Å². The van der Waals surface area contributed by atoms with Gasteiger partial charge in [-0.05, 0) is 25.1 Å². The van der Waals surface area contributed by atoms with Crippen LogP contribution >= 0.6 is 0 Å². The number of fused-ring (bicyclic) bond motifs is 1. The zero-order valence-electron chi connectivity index (χ0n) is 11.0. The maximum atomic E-state index is 11.4. The molecule has 1 amide bonds. The molecule has 19 heavy (non-hydrogen) atoms. The zero-order valence-corrected chi connectivity index (χ0v) is 11.0. The fraction of sp³-hybridized carbons (Fsp3) is 0.200. The molecule has 0 saturated heterocycles. The van der Waals surface area contributed by atoms with E-state index in [9.17, 15) is 4.79 Å². The third kappa shape index (κ3) is 2.57. The predicted octanol–water partition coefficient (Wildman–Crippen LogP) is 2.59. The van der Waals surface area contributed by atoms with Crippen molar-refractivity contribution in [3.05, 3.63) is 55.4 Å². The van der Waals surface area contributed by atoms with E-state index in [0.717, 1.165) is 16.9 Å². The zero-order chi connectivity index (χ0) is 13.8. The minimum atomic E-state index is -0.204. The third-order valence-corrected chi connectivity index (χ3v) is 2.93. The van der Waals surface area contributed by atoms with Crippen LogP contribution < -0.4 is 5.32 Å². The van der Waals surface area contributed by atoms with Crippen LogP contribution in [0.5, 0.6) is 0 Å². The van der Waals surface area contributed by atoms with Gasteiger partial charge in [0.05, 0.1) is 17.1 Å². The fourth-order valence-corrected chi connectivity index (χ4v) is 2.08. The average Bonchev–Trinajstić information content (AvgIpc) is 2.78. The lowest BCUT2D eigenvalue weighted by molar-refractivity contribution is -0.117. The molecular weight excluding hydrogens is 238 g/mol. The number of allylic oxidation sites excluding steroid dienone is 1. The summed E-state index contributed by atoms with van der Waals surface area (Å²) in [5.74, 6) is 0.612. The van der Waals surface area contributed by atoms with Crippen molar-refractivity contribution in [3.63, 3.8) is 0 Å². The smallest absolute Gasteiger partial charge is 0.243 e. The lowest BCUT2D eigenvalue weighted by Gasteiger charge is -2.14. The normalized spacial score (nSPS) is 12.1. The Balaban J connectivity index is 2.46. The van der Waals surface area contributed by atoms with Gasteiger partial charge < -0.3 is 9.88 Å². The number of para-hydroxylation sites is 2. The predicted molar refractivity (Wildman–Crippen MR) is 76.7 cm³/mol. The number of carbonyl (C=O) groups is 1. The molecule has 1 unspecified atom stereocenters. The topological polar surface area (TPSA) is 46.9 Å². The second-order valence-corrected chi connectivity index (χ2v) is 4.29. The minimum absolute atomic E-state index is 0.183.